The number of quaternary nitrogens is 1. The first-order valence-electron chi connectivity index (χ1n) is 12.1. The molecule has 0 saturated carbocycles. The molecule has 0 radical (unpaired) electrons. The number of fused-ring (bicyclic) bond motifs is 3. The fourth-order valence-electron chi connectivity index (χ4n) is 5.56. The van der Waals surface area contributed by atoms with Crippen LogP contribution in [0.2, 0.25) is 0 Å². The number of carbonyl (C=O) groups excluding carboxylic acids is 1. The number of anilines is 1. The quantitative estimate of drug-likeness (QED) is 0.378. The first-order chi connectivity index (χ1) is 16.2. The summed E-state index contributed by atoms with van der Waals surface area (Å²) in [5.41, 5.74) is 3.44. The molecule has 2 bridgehead atoms. The fourth-order valence-corrected chi connectivity index (χ4v) is 6.21. The van der Waals surface area contributed by atoms with Gasteiger partial charge < -0.3 is 9.22 Å². The Labute approximate surface area is 201 Å². The van der Waals surface area contributed by atoms with Gasteiger partial charge in [0, 0.05) is 30.6 Å². The molecule has 1 atom stereocenters. The van der Waals surface area contributed by atoms with Gasteiger partial charge >= 0.3 is 6.09 Å². The topological polar surface area (TPSA) is 29.5 Å². The van der Waals surface area contributed by atoms with Crippen molar-refractivity contribution < 1.29 is 14.0 Å². The lowest BCUT2D eigenvalue weighted by Gasteiger charge is -2.52. The van der Waals surface area contributed by atoms with Gasteiger partial charge in [-0.3, -0.25) is 4.90 Å². The summed E-state index contributed by atoms with van der Waals surface area (Å²) < 4.78 is 7.36. The Morgan fingerprint density at radius 3 is 2.33 bits per heavy atom. The number of thiophene rings is 1. The van der Waals surface area contributed by atoms with Gasteiger partial charge in [-0.25, -0.2) is 4.79 Å². The van der Waals surface area contributed by atoms with Crippen molar-refractivity contribution >= 4 is 23.1 Å². The number of aryl methyl sites for hydroxylation is 1. The summed E-state index contributed by atoms with van der Waals surface area (Å²) in [4.78, 5) is 15.2. The van der Waals surface area contributed by atoms with Gasteiger partial charge in [-0.1, -0.05) is 60.7 Å². The van der Waals surface area contributed by atoms with Gasteiger partial charge in [-0.2, -0.15) is 11.3 Å². The van der Waals surface area contributed by atoms with Crippen LogP contribution < -0.4 is 4.90 Å². The van der Waals surface area contributed by atoms with Crippen molar-refractivity contribution in [1.82, 2.24) is 0 Å². The monoisotopic (exact) mass is 461 g/mol. The molecule has 0 unspecified atom stereocenters. The molecule has 5 heteroatoms. The number of amides is 1. The lowest BCUT2D eigenvalue weighted by atomic mass is 9.83. The average Bonchev–Trinajstić information content (AvgIpc) is 3.39. The van der Waals surface area contributed by atoms with Crippen molar-refractivity contribution in [3.63, 3.8) is 0 Å². The van der Waals surface area contributed by atoms with Gasteiger partial charge in [0.25, 0.3) is 0 Å². The van der Waals surface area contributed by atoms with E-state index in [0.29, 0.717) is 12.5 Å². The predicted octanol–water partition coefficient (Wildman–Crippen LogP) is 6.13. The van der Waals surface area contributed by atoms with Crippen LogP contribution in [0.5, 0.6) is 0 Å². The number of carbonyl (C=O) groups is 1. The number of hydrogen-bond donors (Lipinski definition) is 0. The molecule has 6 rings (SSSR count). The van der Waals surface area contributed by atoms with Gasteiger partial charge in [-0.15, -0.1) is 0 Å². The highest BCUT2D eigenvalue weighted by Crippen LogP contribution is 2.36. The molecule has 2 aromatic carbocycles. The number of hydrogen-bond acceptors (Lipinski definition) is 3. The van der Waals surface area contributed by atoms with Crippen LogP contribution in [0.1, 0.15) is 30.4 Å². The van der Waals surface area contributed by atoms with Crippen molar-refractivity contribution in [2.24, 2.45) is 5.92 Å². The Balaban J connectivity index is 1.23. The first-order valence-corrected chi connectivity index (χ1v) is 13.1. The number of piperidine rings is 3. The smallest absolute Gasteiger partial charge is 0.415 e. The van der Waals surface area contributed by atoms with E-state index in [2.05, 4.69) is 42.5 Å². The van der Waals surface area contributed by atoms with Gasteiger partial charge in [0.1, 0.15) is 6.54 Å². The highest BCUT2D eigenvalue weighted by molar-refractivity contribution is 7.08. The van der Waals surface area contributed by atoms with Crippen LogP contribution in [0.15, 0.2) is 77.5 Å². The van der Waals surface area contributed by atoms with E-state index in [1.165, 1.54) is 44.5 Å². The molecule has 3 fully saturated rings. The molecule has 3 aliphatic rings. The average molecular weight is 462 g/mol. The summed E-state index contributed by atoms with van der Waals surface area (Å²) in [5.74, 6) is 0.504. The van der Waals surface area contributed by atoms with Crippen LogP contribution in [0.3, 0.4) is 0 Å². The van der Waals surface area contributed by atoms with Crippen molar-refractivity contribution in [3.05, 3.63) is 88.6 Å². The Kier molecular flexibility index (Phi) is 6.79. The Morgan fingerprint density at radius 1 is 0.970 bits per heavy atom. The summed E-state index contributed by atoms with van der Waals surface area (Å²) in [7, 11) is 0. The van der Waals surface area contributed by atoms with Crippen LogP contribution in [-0.4, -0.2) is 42.9 Å². The second kappa shape index (κ2) is 10.1. The van der Waals surface area contributed by atoms with Crippen molar-refractivity contribution in [1.29, 1.82) is 0 Å². The molecule has 1 amide bonds. The molecular weight excluding hydrogens is 428 g/mol. The zero-order valence-corrected chi connectivity index (χ0v) is 20.0. The molecule has 3 saturated heterocycles. The van der Waals surface area contributed by atoms with Crippen molar-refractivity contribution in [3.8, 4) is 0 Å². The zero-order chi connectivity index (χ0) is 22.5. The fraction of sp³-hybridized carbons (Fsp3) is 0.393. The number of benzene rings is 2. The number of ether oxygens (including phenoxy) is 1. The highest BCUT2D eigenvalue weighted by Gasteiger charge is 2.47. The third-order valence-electron chi connectivity index (χ3n) is 7.46. The van der Waals surface area contributed by atoms with E-state index in [0.717, 1.165) is 28.7 Å². The summed E-state index contributed by atoms with van der Waals surface area (Å²) in [6.07, 6.45) is 4.45. The minimum absolute atomic E-state index is 0.0219. The van der Waals surface area contributed by atoms with Gasteiger partial charge in [0.05, 0.1) is 31.9 Å². The highest BCUT2D eigenvalue weighted by atomic mass is 32.1. The molecule has 3 aliphatic heterocycles. The van der Waals surface area contributed by atoms with E-state index in [-0.39, 0.29) is 12.2 Å². The number of rotatable bonds is 8. The maximum Gasteiger partial charge on any atom is 0.415 e. The lowest BCUT2D eigenvalue weighted by molar-refractivity contribution is -0.946. The molecule has 33 heavy (non-hydrogen) atoms. The maximum absolute atomic E-state index is 13.4. The molecule has 4 nitrogen and oxygen atoms in total. The molecule has 0 aliphatic carbocycles. The second-order valence-corrected chi connectivity index (χ2v) is 10.4. The van der Waals surface area contributed by atoms with E-state index >= 15 is 0 Å². The van der Waals surface area contributed by atoms with Crippen LogP contribution in [0, 0.1) is 5.92 Å². The van der Waals surface area contributed by atoms with Gasteiger partial charge in [0.15, 0.2) is 6.10 Å². The van der Waals surface area contributed by atoms with Crippen molar-refractivity contribution in [2.45, 2.75) is 38.3 Å². The Morgan fingerprint density at radius 2 is 1.67 bits per heavy atom. The van der Waals surface area contributed by atoms with Crippen LogP contribution in [-0.2, 0) is 17.7 Å². The maximum atomic E-state index is 13.4. The minimum Gasteiger partial charge on any atom is -0.440 e. The molecule has 3 aromatic rings. The molecule has 172 valence electrons. The predicted molar refractivity (Wildman–Crippen MR) is 134 cm³/mol. The molecule has 4 heterocycles. The Bertz CT molecular complexity index is 1010. The van der Waals surface area contributed by atoms with Gasteiger partial charge in [0.2, 0.25) is 0 Å². The third-order valence-corrected chi connectivity index (χ3v) is 8.13. The Hall–Kier alpha value is -2.63. The van der Waals surface area contributed by atoms with E-state index in [9.17, 15) is 4.79 Å². The molecular formula is C28H33N2O2S+. The number of nitrogens with zero attached hydrogens (tertiary/aromatic N) is 2. The standard InChI is InChI=1S/C28H33N2O2S/c31-28(29(26-15-19-33-22-26)20-24-10-5-2-6-11-24)32-27-21-30(17-13-25(27)14-18-30)16-7-12-23-8-3-1-4-9-23/h1-6,8-11,15,19,22,25,27H,7,12-14,16-18,20-21H2/q+1/t25?,27-,30?/m0/s1. The van der Waals surface area contributed by atoms with E-state index in [1.807, 2.05) is 35.0 Å². The normalized spacial score (nSPS) is 23.9. The summed E-state index contributed by atoms with van der Waals surface area (Å²) in [5, 5.41) is 4.04. The summed E-state index contributed by atoms with van der Waals surface area (Å²) in [6.45, 7) is 5.13. The van der Waals surface area contributed by atoms with Crippen LogP contribution >= 0.6 is 11.3 Å². The zero-order valence-electron chi connectivity index (χ0n) is 19.1. The lowest BCUT2D eigenvalue weighted by Crippen LogP contribution is -2.65. The summed E-state index contributed by atoms with van der Waals surface area (Å²) >= 11 is 1.61. The van der Waals surface area contributed by atoms with Crippen LogP contribution in [0.25, 0.3) is 0 Å². The second-order valence-electron chi connectivity index (χ2n) is 9.60. The molecule has 1 aromatic heterocycles. The minimum atomic E-state index is -0.210. The van der Waals surface area contributed by atoms with Crippen molar-refractivity contribution in [2.75, 3.05) is 31.1 Å². The van der Waals surface area contributed by atoms with Crippen LogP contribution in [0.4, 0.5) is 10.5 Å². The third kappa shape index (κ3) is 5.31. The molecule has 0 N–H and O–H groups in total. The SMILES string of the molecule is O=C(O[C@H]1C[N+]2(CCCc3ccccc3)CCC1CC2)N(Cc1ccccc1)c1ccsc1. The van der Waals surface area contributed by atoms with E-state index in [1.54, 1.807) is 16.2 Å². The summed E-state index contributed by atoms with van der Waals surface area (Å²) in [6, 6.07) is 22.9. The van der Waals surface area contributed by atoms with E-state index < -0.39 is 0 Å². The largest absolute Gasteiger partial charge is 0.440 e. The van der Waals surface area contributed by atoms with Gasteiger partial charge in [-0.05, 0) is 29.0 Å². The first kappa shape index (κ1) is 22.2. The van der Waals surface area contributed by atoms with E-state index in [4.69, 9.17) is 4.74 Å². The molecule has 0 spiro atoms.